The first kappa shape index (κ1) is 18.4. The first-order valence-electron chi connectivity index (χ1n) is 7.83. The second kappa shape index (κ2) is 7.90. The first-order valence-corrected chi connectivity index (χ1v) is 8.59. The lowest BCUT2D eigenvalue weighted by Gasteiger charge is -2.30. The van der Waals surface area contributed by atoms with Gasteiger partial charge in [0, 0.05) is 30.2 Å². The van der Waals surface area contributed by atoms with Crippen LogP contribution in [0.15, 0.2) is 36.4 Å². The average Bonchev–Trinajstić information content (AvgIpc) is 2.64. The number of carbonyl (C=O) groups is 1. The molecule has 0 spiro atoms. The van der Waals surface area contributed by atoms with Crippen LogP contribution in [0.4, 0.5) is 17.1 Å². The molecule has 0 aromatic heterocycles. The van der Waals surface area contributed by atoms with E-state index in [1.165, 1.54) is 18.2 Å². The van der Waals surface area contributed by atoms with E-state index < -0.39 is 10.8 Å². The number of nitro groups is 1. The Labute approximate surface area is 159 Å². The molecule has 136 valence electrons. The lowest BCUT2D eigenvalue weighted by molar-refractivity contribution is -0.384. The highest BCUT2D eigenvalue weighted by Crippen LogP contribution is 2.30. The molecule has 1 fully saturated rings. The van der Waals surface area contributed by atoms with Crippen molar-refractivity contribution >= 4 is 46.2 Å². The largest absolute Gasteiger partial charge is 0.378 e. The predicted molar refractivity (Wildman–Crippen MR) is 101 cm³/mol. The maximum Gasteiger partial charge on any atom is 0.270 e. The van der Waals surface area contributed by atoms with Gasteiger partial charge in [-0.2, -0.15) is 0 Å². The first-order chi connectivity index (χ1) is 12.5. The minimum Gasteiger partial charge on any atom is -0.378 e. The summed E-state index contributed by atoms with van der Waals surface area (Å²) in [5.41, 5.74) is 1.03. The van der Waals surface area contributed by atoms with Crippen LogP contribution >= 0.6 is 23.2 Å². The van der Waals surface area contributed by atoms with E-state index in [9.17, 15) is 14.9 Å². The highest BCUT2D eigenvalue weighted by molar-refractivity contribution is 6.36. The third kappa shape index (κ3) is 4.07. The van der Waals surface area contributed by atoms with Gasteiger partial charge in [0.15, 0.2) is 0 Å². The maximum absolute atomic E-state index is 12.8. The lowest BCUT2D eigenvalue weighted by atomic mass is 10.1. The summed E-state index contributed by atoms with van der Waals surface area (Å²) in [6, 6.07) is 8.92. The molecule has 2 aromatic rings. The van der Waals surface area contributed by atoms with Gasteiger partial charge < -0.3 is 15.0 Å². The van der Waals surface area contributed by atoms with Gasteiger partial charge in [-0.15, -0.1) is 0 Å². The van der Waals surface area contributed by atoms with Gasteiger partial charge in [0.2, 0.25) is 0 Å². The Kier molecular flexibility index (Phi) is 5.61. The molecule has 0 saturated carbocycles. The number of amides is 1. The Hall–Kier alpha value is -2.35. The van der Waals surface area contributed by atoms with E-state index in [0.29, 0.717) is 42.7 Å². The molecule has 0 aliphatic carbocycles. The van der Waals surface area contributed by atoms with Crippen molar-refractivity contribution in [3.05, 3.63) is 62.1 Å². The normalized spacial score (nSPS) is 14.2. The number of morpholine rings is 1. The number of carbonyl (C=O) groups excluding carboxylic acids is 1. The zero-order valence-electron chi connectivity index (χ0n) is 13.6. The van der Waals surface area contributed by atoms with Crippen LogP contribution in [0.3, 0.4) is 0 Å². The standard InChI is InChI=1S/C17H15Cl2N3O4/c18-11-1-3-15(14(19)9-11)20-17(23)13-10-12(22(24)25)2-4-16(13)21-5-7-26-8-6-21/h1-4,9-10H,5-8H2,(H,20,23). The molecule has 1 heterocycles. The summed E-state index contributed by atoms with van der Waals surface area (Å²) in [5, 5.41) is 14.5. The fourth-order valence-corrected chi connectivity index (χ4v) is 3.14. The molecular formula is C17H15Cl2N3O4. The number of nitro benzene ring substituents is 1. The quantitative estimate of drug-likeness (QED) is 0.624. The molecule has 26 heavy (non-hydrogen) atoms. The second-order valence-corrected chi connectivity index (χ2v) is 6.48. The summed E-state index contributed by atoms with van der Waals surface area (Å²) >= 11 is 12.0. The summed E-state index contributed by atoms with van der Waals surface area (Å²) in [4.78, 5) is 25.4. The molecule has 1 aliphatic heterocycles. The van der Waals surface area contributed by atoms with Gasteiger partial charge in [0.05, 0.1) is 40.1 Å². The van der Waals surface area contributed by atoms with E-state index in [4.69, 9.17) is 27.9 Å². The zero-order chi connectivity index (χ0) is 18.7. The molecule has 2 aromatic carbocycles. The molecule has 1 aliphatic rings. The molecule has 7 nitrogen and oxygen atoms in total. The van der Waals surface area contributed by atoms with Crippen molar-refractivity contribution in [1.29, 1.82) is 0 Å². The van der Waals surface area contributed by atoms with E-state index in [2.05, 4.69) is 5.32 Å². The van der Waals surface area contributed by atoms with E-state index in [0.717, 1.165) is 0 Å². The van der Waals surface area contributed by atoms with Crippen LogP contribution in [0.1, 0.15) is 10.4 Å². The third-order valence-corrected chi connectivity index (χ3v) is 4.51. The SMILES string of the molecule is O=C(Nc1ccc(Cl)cc1Cl)c1cc([N+](=O)[O-])ccc1N1CCOCC1. The fourth-order valence-electron chi connectivity index (χ4n) is 2.68. The van der Waals surface area contributed by atoms with Gasteiger partial charge in [-0.05, 0) is 24.3 Å². The summed E-state index contributed by atoms with van der Waals surface area (Å²) < 4.78 is 5.33. The molecular weight excluding hydrogens is 381 g/mol. The van der Waals surface area contributed by atoms with Crippen molar-refractivity contribution in [2.24, 2.45) is 0 Å². The van der Waals surface area contributed by atoms with Crippen LogP contribution in [0.2, 0.25) is 10.0 Å². The molecule has 1 saturated heterocycles. The monoisotopic (exact) mass is 395 g/mol. The van der Waals surface area contributed by atoms with E-state index in [1.54, 1.807) is 18.2 Å². The Morgan fingerprint density at radius 1 is 1.15 bits per heavy atom. The van der Waals surface area contributed by atoms with E-state index in [1.807, 2.05) is 4.90 Å². The summed E-state index contributed by atoms with van der Waals surface area (Å²) in [5.74, 6) is -0.487. The molecule has 0 unspecified atom stereocenters. The van der Waals surface area contributed by atoms with Crippen molar-refractivity contribution in [2.75, 3.05) is 36.5 Å². The molecule has 3 rings (SSSR count). The number of benzene rings is 2. The van der Waals surface area contributed by atoms with Crippen molar-refractivity contribution in [3.63, 3.8) is 0 Å². The van der Waals surface area contributed by atoms with Crippen LogP contribution in [0, 0.1) is 10.1 Å². The van der Waals surface area contributed by atoms with Crippen molar-refractivity contribution in [3.8, 4) is 0 Å². The van der Waals surface area contributed by atoms with Gasteiger partial charge in [0.25, 0.3) is 11.6 Å². The number of non-ortho nitro benzene ring substituents is 1. The van der Waals surface area contributed by atoms with Gasteiger partial charge in [0.1, 0.15) is 0 Å². The molecule has 1 amide bonds. The summed E-state index contributed by atoms with van der Waals surface area (Å²) in [7, 11) is 0. The van der Waals surface area contributed by atoms with Crippen LogP contribution in [0.5, 0.6) is 0 Å². The number of rotatable bonds is 4. The zero-order valence-corrected chi connectivity index (χ0v) is 15.1. The van der Waals surface area contributed by atoms with Gasteiger partial charge in [-0.25, -0.2) is 0 Å². The number of nitrogens with one attached hydrogen (secondary N) is 1. The Balaban J connectivity index is 1.95. The van der Waals surface area contributed by atoms with Gasteiger partial charge in [-0.1, -0.05) is 23.2 Å². The number of hydrogen-bond donors (Lipinski definition) is 1. The topological polar surface area (TPSA) is 84.7 Å². The number of nitrogens with zero attached hydrogens (tertiary/aromatic N) is 2. The Morgan fingerprint density at radius 3 is 2.54 bits per heavy atom. The number of hydrogen-bond acceptors (Lipinski definition) is 5. The van der Waals surface area contributed by atoms with Crippen molar-refractivity contribution in [1.82, 2.24) is 0 Å². The van der Waals surface area contributed by atoms with Crippen molar-refractivity contribution in [2.45, 2.75) is 0 Å². The van der Waals surface area contributed by atoms with Crippen LogP contribution in [-0.4, -0.2) is 37.1 Å². The summed E-state index contributed by atoms with van der Waals surface area (Å²) in [6.07, 6.45) is 0. The number of halogens is 2. The Bertz CT molecular complexity index is 854. The van der Waals surface area contributed by atoms with Crippen LogP contribution in [-0.2, 0) is 4.74 Å². The Morgan fingerprint density at radius 2 is 1.88 bits per heavy atom. The predicted octanol–water partition coefficient (Wildman–Crippen LogP) is 3.99. The van der Waals surface area contributed by atoms with E-state index >= 15 is 0 Å². The summed E-state index contributed by atoms with van der Waals surface area (Å²) in [6.45, 7) is 2.25. The number of ether oxygens (including phenoxy) is 1. The molecule has 0 atom stereocenters. The second-order valence-electron chi connectivity index (χ2n) is 5.64. The van der Waals surface area contributed by atoms with Gasteiger partial charge in [-0.3, -0.25) is 14.9 Å². The minimum absolute atomic E-state index is 0.158. The molecule has 0 radical (unpaired) electrons. The number of anilines is 2. The average molecular weight is 396 g/mol. The highest BCUT2D eigenvalue weighted by atomic mass is 35.5. The van der Waals surface area contributed by atoms with E-state index in [-0.39, 0.29) is 16.3 Å². The van der Waals surface area contributed by atoms with Gasteiger partial charge >= 0.3 is 0 Å². The minimum atomic E-state index is -0.533. The van der Waals surface area contributed by atoms with Crippen molar-refractivity contribution < 1.29 is 14.5 Å². The maximum atomic E-state index is 12.8. The molecule has 0 bridgehead atoms. The fraction of sp³-hybridized carbons (Fsp3) is 0.235. The third-order valence-electron chi connectivity index (χ3n) is 3.97. The lowest BCUT2D eigenvalue weighted by Crippen LogP contribution is -2.37. The van der Waals surface area contributed by atoms with Crippen LogP contribution < -0.4 is 10.2 Å². The molecule has 1 N–H and O–H groups in total. The highest BCUT2D eigenvalue weighted by Gasteiger charge is 2.22. The van der Waals surface area contributed by atoms with Crippen LogP contribution in [0.25, 0.3) is 0 Å². The molecule has 9 heteroatoms. The smallest absolute Gasteiger partial charge is 0.270 e.